The van der Waals surface area contributed by atoms with E-state index in [0.29, 0.717) is 50.5 Å². The summed E-state index contributed by atoms with van der Waals surface area (Å²) in [7, 11) is 0. The van der Waals surface area contributed by atoms with Gasteiger partial charge in [0.05, 0.1) is 5.56 Å². The van der Waals surface area contributed by atoms with E-state index in [1.54, 1.807) is 6.07 Å². The number of carbonyl (C=O) groups is 2. The number of hydrogen-bond acceptors (Lipinski definition) is 4. The highest BCUT2D eigenvalue weighted by atomic mass is 16.3. The molecular formula is C20H31N3O3. The Labute approximate surface area is 155 Å². The van der Waals surface area contributed by atoms with Gasteiger partial charge in [0.25, 0.3) is 5.91 Å². The van der Waals surface area contributed by atoms with Crippen LogP contribution in [-0.2, 0) is 4.79 Å². The van der Waals surface area contributed by atoms with E-state index in [9.17, 15) is 9.59 Å². The Hall–Kier alpha value is -1.82. The molecule has 1 saturated carbocycles. The molecule has 0 bridgehead atoms. The quantitative estimate of drug-likeness (QED) is 0.893. The van der Waals surface area contributed by atoms with Crippen molar-refractivity contribution >= 4 is 11.8 Å². The molecule has 144 valence electrons. The van der Waals surface area contributed by atoms with Crippen molar-refractivity contribution in [1.82, 2.24) is 9.80 Å². The average Bonchev–Trinajstić information content (AvgIpc) is 3.00. The van der Waals surface area contributed by atoms with Crippen LogP contribution in [0.25, 0.3) is 0 Å². The van der Waals surface area contributed by atoms with Crippen molar-refractivity contribution in [2.75, 3.05) is 32.7 Å². The van der Waals surface area contributed by atoms with Crippen molar-refractivity contribution in [2.24, 2.45) is 11.1 Å². The van der Waals surface area contributed by atoms with Crippen molar-refractivity contribution < 1.29 is 14.0 Å². The Morgan fingerprint density at radius 3 is 2.23 bits per heavy atom. The van der Waals surface area contributed by atoms with E-state index in [1.165, 1.54) is 19.3 Å². The first-order chi connectivity index (χ1) is 12.4. The summed E-state index contributed by atoms with van der Waals surface area (Å²) in [4.78, 5) is 29.2. The van der Waals surface area contributed by atoms with Crippen LogP contribution in [0.5, 0.6) is 0 Å². The van der Waals surface area contributed by atoms with Crippen molar-refractivity contribution in [3.63, 3.8) is 0 Å². The maximum atomic E-state index is 12.8. The molecule has 0 unspecified atom stereocenters. The number of furan rings is 1. The van der Waals surface area contributed by atoms with Crippen LogP contribution in [-0.4, -0.2) is 54.3 Å². The molecule has 1 aromatic heterocycles. The second kappa shape index (κ2) is 7.82. The maximum absolute atomic E-state index is 12.8. The molecule has 2 amide bonds. The second-order valence-electron chi connectivity index (χ2n) is 7.94. The first-order valence-electron chi connectivity index (χ1n) is 9.78. The molecule has 0 radical (unpaired) electrons. The molecule has 0 spiro atoms. The van der Waals surface area contributed by atoms with Gasteiger partial charge in [0.1, 0.15) is 11.5 Å². The van der Waals surface area contributed by atoms with E-state index in [4.69, 9.17) is 10.2 Å². The van der Waals surface area contributed by atoms with Gasteiger partial charge in [-0.25, -0.2) is 0 Å². The Balaban J connectivity index is 1.55. The predicted molar refractivity (Wildman–Crippen MR) is 99.9 cm³/mol. The summed E-state index contributed by atoms with van der Waals surface area (Å²) < 4.78 is 5.47. The lowest BCUT2D eigenvalue weighted by Gasteiger charge is -2.39. The van der Waals surface area contributed by atoms with E-state index >= 15 is 0 Å². The average molecular weight is 361 g/mol. The second-order valence-corrected chi connectivity index (χ2v) is 7.94. The number of hydrogen-bond donors (Lipinski definition) is 1. The highest BCUT2D eigenvalue weighted by Crippen LogP contribution is 2.38. The summed E-state index contributed by atoms with van der Waals surface area (Å²) in [5, 5.41) is 0. The van der Waals surface area contributed by atoms with Gasteiger partial charge in [0, 0.05) is 32.6 Å². The molecular weight excluding hydrogens is 330 g/mol. The molecule has 1 aliphatic heterocycles. The predicted octanol–water partition coefficient (Wildman–Crippen LogP) is 2.48. The summed E-state index contributed by atoms with van der Waals surface area (Å²) in [5.41, 5.74) is 6.65. The van der Waals surface area contributed by atoms with Gasteiger partial charge >= 0.3 is 0 Å². The molecule has 26 heavy (non-hydrogen) atoms. The number of aryl methyl sites for hydroxylation is 2. The Morgan fingerprint density at radius 1 is 1.08 bits per heavy atom. The minimum atomic E-state index is -0.00623. The lowest BCUT2D eigenvalue weighted by atomic mass is 9.71. The van der Waals surface area contributed by atoms with Crippen LogP contribution in [0.4, 0.5) is 0 Å². The molecule has 0 atom stereocenters. The van der Waals surface area contributed by atoms with Crippen molar-refractivity contribution in [3.05, 3.63) is 23.2 Å². The number of nitrogens with zero attached hydrogens (tertiary/aromatic N) is 2. The molecule has 2 fully saturated rings. The minimum absolute atomic E-state index is 0.00263. The fourth-order valence-electron chi connectivity index (χ4n) is 4.36. The zero-order chi connectivity index (χ0) is 18.7. The fraction of sp³-hybridized carbons (Fsp3) is 0.700. The van der Waals surface area contributed by atoms with Crippen molar-refractivity contribution in [2.45, 2.75) is 52.4 Å². The van der Waals surface area contributed by atoms with E-state index in [1.807, 2.05) is 23.6 Å². The molecule has 1 aromatic rings. The SMILES string of the molecule is Cc1cc(C(=O)N2CCN(C(=O)CC3(CN)CCCCC3)CC2)c(C)o1. The summed E-state index contributed by atoms with van der Waals surface area (Å²) >= 11 is 0. The molecule has 6 nitrogen and oxygen atoms in total. The standard InChI is InChI=1S/C20H31N3O3/c1-15-12-17(16(2)26-15)19(25)23-10-8-22(9-11-23)18(24)13-20(14-21)6-4-3-5-7-20/h12H,3-11,13-14,21H2,1-2H3. The molecule has 3 rings (SSSR count). The summed E-state index contributed by atoms with van der Waals surface area (Å²) in [6, 6.07) is 1.79. The van der Waals surface area contributed by atoms with Crippen LogP contribution >= 0.6 is 0 Å². The maximum Gasteiger partial charge on any atom is 0.257 e. The van der Waals surface area contributed by atoms with Crippen molar-refractivity contribution in [3.8, 4) is 0 Å². The third-order valence-corrected chi connectivity index (χ3v) is 6.06. The molecule has 2 N–H and O–H groups in total. The van der Waals surface area contributed by atoms with E-state index < -0.39 is 0 Å². The van der Waals surface area contributed by atoms with E-state index in [0.717, 1.165) is 18.6 Å². The van der Waals surface area contributed by atoms with Gasteiger partial charge in [-0.1, -0.05) is 19.3 Å². The lowest BCUT2D eigenvalue weighted by Crippen LogP contribution is -2.52. The third-order valence-electron chi connectivity index (χ3n) is 6.06. The van der Waals surface area contributed by atoms with Crippen LogP contribution in [0.15, 0.2) is 10.5 Å². The highest BCUT2D eigenvalue weighted by molar-refractivity contribution is 5.95. The Kier molecular flexibility index (Phi) is 5.70. The van der Waals surface area contributed by atoms with Gasteiger partial charge in [0.15, 0.2) is 0 Å². The molecule has 2 heterocycles. The molecule has 0 aromatic carbocycles. The van der Waals surface area contributed by atoms with E-state index in [2.05, 4.69) is 0 Å². The number of amides is 2. The first kappa shape index (κ1) is 19.0. The minimum Gasteiger partial charge on any atom is -0.466 e. The van der Waals surface area contributed by atoms with Gasteiger partial charge in [0.2, 0.25) is 5.91 Å². The van der Waals surface area contributed by atoms with Crippen molar-refractivity contribution in [1.29, 1.82) is 0 Å². The largest absolute Gasteiger partial charge is 0.466 e. The molecule has 1 aliphatic carbocycles. The third kappa shape index (κ3) is 3.95. The van der Waals surface area contributed by atoms with Crippen LogP contribution < -0.4 is 5.73 Å². The Morgan fingerprint density at radius 2 is 1.69 bits per heavy atom. The fourth-order valence-corrected chi connectivity index (χ4v) is 4.36. The van der Waals surface area contributed by atoms with Gasteiger partial charge in [-0.3, -0.25) is 9.59 Å². The first-order valence-corrected chi connectivity index (χ1v) is 9.78. The molecule has 1 saturated heterocycles. The molecule has 2 aliphatic rings. The van der Waals surface area contributed by atoms with Gasteiger partial charge < -0.3 is 20.0 Å². The van der Waals surface area contributed by atoms with Gasteiger partial charge in [-0.2, -0.15) is 0 Å². The Bertz CT molecular complexity index is 653. The van der Waals surface area contributed by atoms with E-state index in [-0.39, 0.29) is 17.2 Å². The summed E-state index contributed by atoms with van der Waals surface area (Å²) in [6.45, 7) is 6.60. The molecule has 6 heteroatoms. The van der Waals surface area contributed by atoms with Crippen LogP contribution in [0.3, 0.4) is 0 Å². The summed E-state index contributed by atoms with van der Waals surface area (Å²) in [5.74, 6) is 1.60. The number of rotatable bonds is 4. The van der Waals surface area contributed by atoms with Crippen LogP contribution in [0, 0.1) is 19.3 Å². The number of piperazine rings is 1. The monoisotopic (exact) mass is 361 g/mol. The number of carbonyl (C=O) groups excluding carboxylic acids is 2. The zero-order valence-electron chi connectivity index (χ0n) is 16.1. The highest BCUT2D eigenvalue weighted by Gasteiger charge is 2.35. The van der Waals surface area contributed by atoms with Gasteiger partial charge in [-0.15, -0.1) is 0 Å². The normalized spacial score (nSPS) is 20.3. The topological polar surface area (TPSA) is 79.8 Å². The lowest BCUT2D eigenvalue weighted by molar-refractivity contribution is -0.135. The zero-order valence-corrected chi connectivity index (χ0v) is 16.1. The smallest absolute Gasteiger partial charge is 0.257 e. The van der Waals surface area contributed by atoms with Crippen LogP contribution in [0.2, 0.25) is 0 Å². The van der Waals surface area contributed by atoms with Gasteiger partial charge in [-0.05, 0) is 44.7 Å². The summed E-state index contributed by atoms with van der Waals surface area (Å²) in [6.07, 6.45) is 6.28. The number of nitrogens with two attached hydrogens (primary N) is 1. The van der Waals surface area contributed by atoms with Crippen LogP contribution in [0.1, 0.15) is 60.4 Å².